The second kappa shape index (κ2) is 9.83. The number of anilines is 2. The van der Waals surface area contributed by atoms with Gasteiger partial charge >= 0.3 is 0 Å². The smallest absolute Gasteiger partial charge is 0.161 e. The van der Waals surface area contributed by atoms with Crippen LogP contribution >= 0.6 is 0 Å². The summed E-state index contributed by atoms with van der Waals surface area (Å²) >= 11 is 0. The van der Waals surface area contributed by atoms with Gasteiger partial charge in [-0.3, -0.25) is 0 Å². The van der Waals surface area contributed by atoms with Crippen molar-refractivity contribution in [2.24, 2.45) is 23.7 Å². The number of benzene rings is 4. The van der Waals surface area contributed by atoms with Crippen molar-refractivity contribution in [1.82, 2.24) is 0 Å². The molecule has 0 spiro atoms. The van der Waals surface area contributed by atoms with E-state index >= 15 is 0 Å². The maximum atomic E-state index is 6.19. The largest absolute Gasteiger partial charge is 0.473 e. The van der Waals surface area contributed by atoms with Crippen molar-refractivity contribution in [3.63, 3.8) is 0 Å². The minimum atomic E-state index is 0.619. The second-order valence-corrected chi connectivity index (χ2v) is 13.3. The lowest BCUT2D eigenvalue weighted by Gasteiger charge is -2.34. The molecule has 6 atom stereocenters. The number of fused-ring (bicyclic) bond motifs is 7. The molecule has 9 rings (SSSR count). The average molecular weight is 555 g/mol. The molecule has 5 aliphatic rings. The summed E-state index contributed by atoms with van der Waals surface area (Å²) in [5.41, 5.74) is 8.22. The first-order valence-electron chi connectivity index (χ1n) is 15.9. The molecule has 4 nitrogen and oxygen atoms in total. The first-order valence-corrected chi connectivity index (χ1v) is 15.9. The summed E-state index contributed by atoms with van der Waals surface area (Å²) in [6.07, 6.45) is 5.51. The zero-order valence-electron chi connectivity index (χ0n) is 24.1. The number of para-hydroxylation sites is 2. The van der Waals surface area contributed by atoms with E-state index in [2.05, 4.69) is 107 Å². The Morgan fingerprint density at radius 1 is 0.524 bits per heavy atom. The maximum absolute atomic E-state index is 6.19. The van der Waals surface area contributed by atoms with Crippen LogP contribution in [0, 0.1) is 23.7 Å². The van der Waals surface area contributed by atoms with Crippen LogP contribution in [-0.2, 0) is 13.1 Å². The van der Waals surface area contributed by atoms with Gasteiger partial charge in [0, 0.05) is 35.6 Å². The summed E-state index contributed by atoms with van der Waals surface area (Å²) < 4.78 is 12.4. The second-order valence-electron chi connectivity index (χ2n) is 13.3. The molecular weight excluding hydrogens is 516 g/mol. The van der Waals surface area contributed by atoms with Gasteiger partial charge in [-0.1, -0.05) is 60.7 Å². The molecule has 42 heavy (non-hydrogen) atoms. The molecule has 4 aromatic carbocycles. The first-order chi connectivity index (χ1) is 20.8. The van der Waals surface area contributed by atoms with Gasteiger partial charge in [-0.2, -0.15) is 0 Å². The van der Waals surface area contributed by atoms with E-state index in [9.17, 15) is 0 Å². The van der Waals surface area contributed by atoms with Crippen LogP contribution in [0.4, 0.5) is 11.4 Å². The summed E-state index contributed by atoms with van der Waals surface area (Å²) in [6, 6.07) is 35.5. The predicted octanol–water partition coefficient (Wildman–Crippen LogP) is 8.33. The number of nitrogens with zero attached hydrogens (tertiary/aromatic N) is 2. The Morgan fingerprint density at radius 2 is 1.10 bits per heavy atom. The Balaban J connectivity index is 0.918. The number of hydrogen-bond acceptors (Lipinski definition) is 4. The summed E-state index contributed by atoms with van der Waals surface area (Å²) in [5, 5.41) is 0. The molecule has 4 aromatic rings. The quantitative estimate of drug-likeness (QED) is 0.253. The van der Waals surface area contributed by atoms with Gasteiger partial charge < -0.3 is 19.3 Å². The van der Waals surface area contributed by atoms with E-state index in [-0.39, 0.29) is 0 Å². The molecule has 0 aromatic heterocycles. The van der Waals surface area contributed by atoms with Crippen LogP contribution in [0.25, 0.3) is 0 Å². The van der Waals surface area contributed by atoms with E-state index in [1.165, 1.54) is 53.7 Å². The normalized spacial score (nSPS) is 29.0. The highest BCUT2D eigenvalue weighted by molar-refractivity contribution is 5.52. The standard InChI is InChI=1S/C38H38N2O2/c1-3-7-31(8-4-1)39-21-29-15-25(11-13-37(29)41-23-39)27-17-34-28-19-33(36(20-28)35(34)18-27)26-12-14-38-30(16-26)22-40(24-42-38)32-9-5-2-6-10-32/h1-16,27-28,33-36H,17-24H2. The first kappa shape index (κ1) is 24.7. The zero-order valence-corrected chi connectivity index (χ0v) is 24.1. The fourth-order valence-corrected chi connectivity index (χ4v) is 9.35. The van der Waals surface area contributed by atoms with E-state index in [0.29, 0.717) is 25.3 Å². The van der Waals surface area contributed by atoms with Crippen molar-refractivity contribution < 1.29 is 9.47 Å². The van der Waals surface area contributed by atoms with Gasteiger partial charge in [0.15, 0.2) is 13.5 Å². The van der Waals surface area contributed by atoms with Crippen molar-refractivity contribution in [3.8, 4) is 11.5 Å². The molecule has 0 amide bonds. The molecule has 2 heterocycles. The van der Waals surface area contributed by atoms with Crippen LogP contribution in [-0.4, -0.2) is 13.5 Å². The van der Waals surface area contributed by atoms with E-state index in [0.717, 1.165) is 48.3 Å². The molecule has 6 unspecified atom stereocenters. The van der Waals surface area contributed by atoms with Gasteiger partial charge in [0.05, 0.1) is 0 Å². The summed E-state index contributed by atoms with van der Waals surface area (Å²) in [5.74, 6) is 6.98. The molecule has 0 radical (unpaired) electrons. The lowest BCUT2D eigenvalue weighted by Crippen LogP contribution is -2.32. The van der Waals surface area contributed by atoms with Gasteiger partial charge in [0.2, 0.25) is 0 Å². The fourth-order valence-electron chi connectivity index (χ4n) is 9.35. The highest BCUT2D eigenvalue weighted by atomic mass is 16.5. The Morgan fingerprint density at radius 3 is 1.74 bits per heavy atom. The van der Waals surface area contributed by atoms with Crippen molar-refractivity contribution in [3.05, 3.63) is 119 Å². The highest BCUT2D eigenvalue weighted by Crippen LogP contribution is 2.66. The van der Waals surface area contributed by atoms with Crippen LogP contribution in [0.1, 0.15) is 59.8 Å². The highest BCUT2D eigenvalue weighted by Gasteiger charge is 2.56. The third-order valence-corrected chi connectivity index (χ3v) is 11.3. The zero-order chi connectivity index (χ0) is 27.6. The van der Waals surface area contributed by atoms with Gasteiger partial charge in [-0.25, -0.2) is 0 Å². The molecule has 2 bridgehead atoms. The van der Waals surface area contributed by atoms with Crippen LogP contribution < -0.4 is 19.3 Å². The summed E-state index contributed by atoms with van der Waals surface area (Å²) in [4.78, 5) is 4.68. The minimum absolute atomic E-state index is 0.619. The number of hydrogen-bond donors (Lipinski definition) is 0. The Bertz CT molecular complexity index is 1600. The lowest BCUT2D eigenvalue weighted by molar-refractivity contribution is 0.232. The Kier molecular flexibility index (Phi) is 5.77. The molecule has 0 saturated heterocycles. The topological polar surface area (TPSA) is 24.9 Å². The molecule has 212 valence electrons. The Labute approximate surface area is 248 Å². The van der Waals surface area contributed by atoms with E-state index in [1.54, 1.807) is 5.56 Å². The summed E-state index contributed by atoms with van der Waals surface area (Å²) in [6.45, 7) is 3.08. The maximum Gasteiger partial charge on any atom is 0.161 e. The molecule has 3 fully saturated rings. The molecule has 0 N–H and O–H groups in total. The van der Waals surface area contributed by atoms with E-state index in [1.807, 2.05) is 0 Å². The monoisotopic (exact) mass is 554 g/mol. The fraction of sp³-hybridized carbons (Fsp3) is 0.368. The van der Waals surface area contributed by atoms with Crippen molar-refractivity contribution in [2.75, 3.05) is 23.3 Å². The number of ether oxygens (including phenoxy) is 2. The third-order valence-electron chi connectivity index (χ3n) is 11.3. The van der Waals surface area contributed by atoms with Gasteiger partial charge in [0.25, 0.3) is 0 Å². The SMILES string of the molecule is c1ccc(N2COc3ccc(C4CC5C6CC(c7ccc8c(c7)CN(c7ccccc7)CO8)C(C6)C5C4)cc3C2)cc1. The van der Waals surface area contributed by atoms with Crippen LogP contribution in [0.15, 0.2) is 97.1 Å². The molecular formula is C38H38N2O2. The van der Waals surface area contributed by atoms with Crippen molar-refractivity contribution >= 4 is 11.4 Å². The molecule has 2 aliphatic heterocycles. The van der Waals surface area contributed by atoms with Crippen LogP contribution in [0.3, 0.4) is 0 Å². The average Bonchev–Trinajstić information content (AvgIpc) is 3.78. The van der Waals surface area contributed by atoms with Gasteiger partial charge in [-0.05, 0) is 109 Å². The van der Waals surface area contributed by atoms with E-state index < -0.39 is 0 Å². The third kappa shape index (κ3) is 4.10. The molecule has 4 heteroatoms. The molecule has 3 saturated carbocycles. The van der Waals surface area contributed by atoms with Crippen LogP contribution in [0.5, 0.6) is 11.5 Å². The van der Waals surface area contributed by atoms with Gasteiger partial charge in [0.1, 0.15) is 11.5 Å². The lowest BCUT2D eigenvalue weighted by atomic mass is 9.73. The molecule has 3 aliphatic carbocycles. The van der Waals surface area contributed by atoms with Crippen molar-refractivity contribution in [1.29, 1.82) is 0 Å². The van der Waals surface area contributed by atoms with E-state index in [4.69, 9.17) is 9.47 Å². The predicted molar refractivity (Wildman–Crippen MR) is 167 cm³/mol. The van der Waals surface area contributed by atoms with Gasteiger partial charge in [-0.15, -0.1) is 0 Å². The minimum Gasteiger partial charge on any atom is -0.473 e. The Hall–Kier alpha value is -3.92. The summed E-state index contributed by atoms with van der Waals surface area (Å²) in [7, 11) is 0. The van der Waals surface area contributed by atoms with Crippen molar-refractivity contribution in [2.45, 2.75) is 50.6 Å². The number of rotatable bonds is 4. The van der Waals surface area contributed by atoms with Crippen LogP contribution in [0.2, 0.25) is 0 Å².